The van der Waals surface area contributed by atoms with Crippen LogP contribution < -0.4 is 10.1 Å². The van der Waals surface area contributed by atoms with E-state index < -0.39 is 0 Å². The van der Waals surface area contributed by atoms with Crippen LogP contribution in [0.3, 0.4) is 0 Å². The molecule has 6 nitrogen and oxygen atoms in total. The van der Waals surface area contributed by atoms with Gasteiger partial charge in [0.1, 0.15) is 5.75 Å². The molecule has 0 spiro atoms. The molecule has 2 bridgehead atoms. The van der Waals surface area contributed by atoms with E-state index in [9.17, 15) is 9.59 Å². The minimum Gasteiger partial charge on any atom is -0.493 e. The van der Waals surface area contributed by atoms with Crippen molar-refractivity contribution in [3.05, 3.63) is 106 Å². The van der Waals surface area contributed by atoms with E-state index in [4.69, 9.17) is 4.74 Å². The molecular formula is C39H49N3O3. The molecule has 0 aromatic heterocycles. The molecule has 0 radical (unpaired) electrons. The number of aryl methyl sites for hydroxylation is 2. The number of nitrogens with one attached hydrogen (secondary N) is 1. The molecule has 0 aliphatic carbocycles. The van der Waals surface area contributed by atoms with Crippen LogP contribution in [0, 0.1) is 6.92 Å². The second kappa shape index (κ2) is 14.0. The maximum atomic E-state index is 14.1. The second-order valence-corrected chi connectivity index (χ2v) is 13.8. The van der Waals surface area contributed by atoms with Gasteiger partial charge in [0.25, 0.3) is 5.91 Å². The maximum absolute atomic E-state index is 14.1. The molecule has 2 aliphatic heterocycles. The summed E-state index contributed by atoms with van der Waals surface area (Å²) in [6, 6.07) is 25.4. The first-order valence-electron chi connectivity index (χ1n) is 16.4. The highest BCUT2D eigenvalue weighted by Crippen LogP contribution is 2.35. The third-order valence-electron chi connectivity index (χ3n) is 9.12. The fourth-order valence-electron chi connectivity index (χ4n) is 6.56. The first-order valence-corrected chi connectivity index (χ1v) is 16.4. The predicted octanol–water partition coefficient (Wildman–Crippen LogP) is 6.35. The minimum absolute atomic E-state index is 0.0281. The molecule has 2 heterocycles. The average Bonchev–Trinajstić information content (AvgIpc) is 3.02. The van der Waals surface area contributed by atoms with Crippen LogP contribution in [0.2, 0.25) is 0 Å². The number of fused-ring (bicyclic) bond motifs is 2. The van der Waals surface area contributed by atoms with Crippen molar-refractivity contribution in [3.8, 4) is 5.75 Å². The van der Waals surface area contributed by atoms with Gasteiger partial charge in [0.05, 0.1) is 12.6 Å². The van der Waals surface area contributed by atoms with Crippen LogP contribution >= 0.6 is 0 Å². The molecular weight excluding hydrogens is 558 g/mol. The van der Waals surface area contributed by atoms with E-state index in [1.54, 1.807) is 6.92 Å². The molecule has 5 rings (SSSR count). The summed E-state index contributed by atoms with van der Waals surface area (Å²) in [5.74, 6) is 1.07. The lowest BCUT2D eigenvalue weighted by atomic mass is 9.82. The number of hydrogen-bond donors (Lipinski definition) is 1. The molecule has 2 aliphatic rings. The van der Waals surface area contributed by atoms with Gasteiger partial charge in [-0.3, -0.25) is 9.59 Å². The maximum Gasteiger partial charge on any atom is 0.251 e. The smallest absolute Gasteiger partial charge is 0.251 e. The highest BCUT2D eigenvalue weighted by Gasteiger charge is 2.39. The Morgan fingerprint density at radius 2 is 1.67 bits per heavy atom. The van der Waals surface area contributed by atoms with Gasteiger partial charge in [0, 0.05) is 45.2 Å². The summed E-state index contributed by atoms with van der Waals surface area (Å²) >= 11 is 0. The molecule has 2 atom stereocenters. The molecule has 0 saturated carbocycles. The van der Waals surface area contributed by atoms with Crippen LogP contribution in [-0.2, 0) is 27.8 Å². The number of carbonyl (C=O) groups is 2. The summed E-state index contributed by atoms with van der Waals surface area (Å²) in [5.41, 5.74) is 7.98. The Kier molecular flexibility index (Phi) is 10.1. The van der Waals surface area contributed by atoms with Crippen molar-refractivity contribution in [2.24, 2.45) is 0 Å². The van der Waals surface area contributed by atoms with Gasteiger partial charge in [0.15, 0.2) is 0 Å². The van der Waals surface area contributed by atoms with Crippen LogP contribution in [0.15, 0.2) is 78.4 Å². The number of carbonyl (C=O) groups excluding carboxylic acids is 2. The minimum atomic E-state index is -0.181. The molecule has 3 aromatic rings. The molecule has 45 heavy (non-hydrogen) atoms. The zero-order valence-electron chi connectivity index (χ0n) is 27.9. The van der Waals surface area contributed by atoms with Crippen LogP contribution in [0.25, 0.3) is 5.57 Å². The number of amides is 2. The molecule has 6 heteroatoms. The first-order chi connectivity index (χ1) is 21.5. The van der Waals surface area contributed by atoms with Crippen molar-refractivity contribution in [3.63, 3.8) is 0 Å². The summed E-state index contributed by atoms with van der Waals surface area (Å²) in [7, 11) is 1.89. The van der Waals surface area contributed by atoms with Crippen LogP contribution in [-0.4, -0.2) is 67.0 Å². The Morgan fingerprint density at radius 3 is 2.36 bits per heavy atom. The number of nitrogens with zero attached hydrogens (tertiary/aromatic N) is 2. The largest absolute Gasteiger partial charge is 0.493 e. The van der Waals surface area contributed by atoms with Crippen LogP contribution in [0.1, 0.15) is 68.4 Å². The van der Waals surface area contributed by atoms with Crippen LogP contribution in [0.4, 0.5) is 0 Å². The summed E-state index contributed by atoms with van der Waals surface area (Å²) in [4.78, 5) is 30.1. The molecule has 1 fully saturated rings. The van der Waals surface area contributed by atoms with Gasteiger partial charge >= 0.3 is 0 Å². The van der Waals surface area contributed by atoms with Crippen molar-refractivity contribution in [1.29, 1.82) is 0 Å². The van der Waals surface area contributed by atoms with Crippen molar-refractivity contribution in [2.45, 2.75) is 77.8 Å². The van der Waals surface area contributed by atoms with Gasteiger partial charge in [-0.1, -0.05) is 93.1 Å². The van der Waals surface area contributed by atoms with Gasteiger partial charge < -0.3 is 19.9 Å². The number of benzene rings is 3. The van der Waals surface area contributed by atoms with E-state index >= 15 is 0 Å². The molecule has 0 unspecified atom stereocenters. The number of piperazine rings is 1. The van der Waals surface area contributed by atoms with Crippen molar-refractivity contribution < 1.29 is 14.3 Å². The van der Waals surface area contributed by atoms with Gasteiger partial charge in [-0.15, -0.1) is 0 Å². The fraction of sp³-hybridized carbons (Fsp3) is 0.436. The van der Waals surface area contributed by atoms with Crippen molar-refractivity contribution in [2.75, 3.05) is 33.3 Å². The zero-order chi connectivity index (χ0) is 32.1. The summed E-state index contributed by atoms with van der Waals surface area (Å²) in [6.07, 6.45) is 3.36. The Hall–Kier alpha value is -3.90. The molecule has 2 amide bonds. The topological polar surface area (TPSA) is 61.9 Å². The number of ether oxygens (including phenoxy) is 1. The van der Waals surface area contributed by atoms with Gasteiger partial charge in [-0.2, -0.15) is 0 Å². The van der Waals surface area contributed by atoms with Crippen molar-refractivity contribution in [1.82, 2.24) is 15.1 Å². The summed E-state index contributed by atoms with van der Waals surface area (Å²) in [6.45, 7) is 12.9. The standard InChI is InChI=1S/C39H49N3O3/c1-27-14-19-36(34(23-27)39(3,4)5)45-22-10-13-30-15-17-31(18-16-30)33-24-32-25-42(28(2)43)26-35(40-32)37(33)38(44)41(6)21-20-29-11-8-7-9-12-29/h7-9,11-12,14-19,23,32,35,40H,10,13,20-22,24-26H2,1-6H3/t32-,35-/m1/s1. The van der Waals surface area contributed by atoms with E-state index in [1.165, 1.54) is 22.3 Å². The van der Waals surface area contributed by atoms with E-state index in [-0.39, 0.29) is 29.3 Å². The van der Waals surface area contributed by atoms with E-state index in [0.717, 1.165) is 41.7 Å². The molecule has 3 aromatic carbocycles. The predicted molar refractivity (Wildman–Crippen MR) is 182 cm³/mol. The van der Waals surface area contributed by atoms with Gasteiger partial charge in [0.2, 0.25) is 5.91 Å². The lowest BCUT2D eigenvalue weighted by Gasteiger charge is -2.44. The molecule has 238 valence electrons. The third kappa shape index (κ3) is 8.04. The number of likely N-dealkylation sites (N-methyl/N-ethyl adjacent to an activating group) is 1. The van der Waals surface area contributed by atoms with E-state index in [2.05, 4.69) is 87.6 Å². The monoisotopic (exact) mass is 607 g/mol. The molecule has 1 saturated heterocycles. The third-order valence-corrected chi connectivity index (χ3v) is 9.12. The van der Waals surface area contributed by atoms with E-state index in [1.807, 2.05) is 35.0 Å². The quantitative estimate of drug-likeness (QED) is 0.273. The van der Waals surface area contributed by atoms with Gasteiger partial charge in [-0.05, 0) is 71.9 Å². The number of hydrogen-bond acceptors (Lipinski definition) is 4. The lowest BCUT2D eigenvalue weighted by Crippen LogP contribution is -2.61. The highest BCUT2D eigenvalue weighted by molar-refractivity contribution is 6.03. The molecule has 1 N–H and O–H groups in total. The SMILES string of the molecule is CC(=O)N1C[C@H]2CC(c3ccc(CCCOc4ccc(C)cc4C(C)(C)C)cc3)=C(C(=O)N(C)CCc3ccccc3)[C@@H](C1)N2. The zero-order valence-corrected chi connectivity index (χ0v) is 27.9. The van der Waals surface area contributed by atoms with Crippen molar-refractivity contribution >= 4 is 17.4 Å². The normalized spacial score (nSPS) is 18.1. The second-order valence-electron chi connectivity index (χ2n) is 13.8. The first kappa shape index (κ1) is 32.5. The number of rotatable bonds is 10. The van der Waals surface area contributed by atoms with E-state index in [0.29, 0.717) is 32.7 Å². The fourth-order valence-corrected chi connectivity index (χ4v) is 6.56. The van der Waals surface area contributed by atoms with Gasteiger partial charge in [-0.25, -0.2) is 0 Å². The Balaban J connectivity index is 1.29. The highest BCUT2D eigenvalue weighted by atomic mass is 16.5. The summed E-state index contributed by atoms with van der Waals surface area (Å²) in [5, 5.41) is 3.66. The average molecular weight is 608 g/mol. The Morgan fingerprint density at radius 1 is 0.956 bits per heavy atom. The van der Waals surface area contributed by atoms with Crippen LogP contribution in [0.5, 0.6) is 5.75 Å². The Labute approximate surface area is 269 Å². The Bertz CT molecular complexity index is 1520. The lowest BCUT2D eigenvalue weighted by molar-refractivity contribution is -0.132. The summed E-state index contributed by atoms with van der Waals surface area (Å²) < 4.78 is 6.25.